The number of allylic oxidation sites excluding steroid dienone is 4. The van der Waals surface area contributed by atoms with Crippen molar-refractivity contribution in [1.29, 1.82) is 0 Å². The van der Waals surface area contributed by atoms with Crippen LogP contribution >= 0.6 is 0 Å². The Kier molecular flexibility index (Phi) is 7.90. The first kappa shape index (κ1) is 18.4. The van der Waals surface area contributed by atoms with Gasteiger partial charge in [-0.15, -0.1) is 0 Å². The molecule has 0 aliphatic carbocycles. The van der Waals surface area contributed by atoms with Gasteiger partial charge in [0.15, 0.2) is 0 Å². The lowest BCUT2D eigenvalue weighted by Gasteiger charge is -2.20. The molecule has 122 valence electrons. The largest absolute Gasteiger partial charge is 0.394 e. The van der Waals surface area contributed by atoms with Gasteiger partial charge in [0.05, 0.1) is 18.8 Å². The lowest BCUT2D eigenvalue weighted by Crippen LogP contribution is -2.35. The van der Waals surface area contributed by atoms with Crippen LogP contribution < -0.4 is 0 Å². The molecule has 1 rings (SSSR count). The number of carbonyl (C=O) groups is 2. The number of nitrogens with zero attached hydrogens (tertiary/aromatic N) is 1. The second-order valence-electron chi connectivity index (χ2n) is 5.22. The first-order chi connectivity index (χ1) is 10.6. The van der Waals surface area contributed by atoms with E-state index in [2.05, 4.69) is 6.58 Å². The van der Waals surface area contributed by atoms with E-state index >= 15 is 0 Å². The molecular formula is C16H23NO5. The molecule has 0 radical (unpaired) electrons. The van der Waals surface area contributed by atoms with Crippen LogP contribution in [0.5, 0.6) is 0 Å². The minimum absolute atomic E-state index is 0.224. The molecule has 0 amide bonds. The average Bonchev–Trinajstić information content (AvgIpc) is 2.82. The summed E-state index contributed by atoms with van der Waals surface area (Å²) >= 11 is 0. The molecule has 22 heavy (non-hydrogen) atoms. The molecule has 4 unspecified atom stereocenters. The van der Waals surface area contributed by atoms with Crippen molar-refractivity contribution in [3.63, 3.8) is 0 Å². The van der Waals surface area contributed by atoms with E-state index in [0.29, 0.717) is 24.8 Å². The lowest BCUT2D eigenvalue weighted by atomic mass is 9.90. The van der Waals surface area contributed by atoms with Crippen LogP contribution in [0.15, 0.2) is 36.5 Å². The molecule has 0 spiro atoms. The van der Waals surface area contributed by atoms with E-state index in [4.69, 9.17) is 4.84 Å². The fourth-order valence-corrected chi connectivity index (χ4v) is 2.51. The van der Waals surface area contributed by atoms with Crippen LogP contribution in [0.25, 0.3) is 0 Å². The Balaban J connectivity index is 2.75. The van der Waals surface area contributed by atoms with Gasteiger partial charge in [-0.1, -0.05) is 30.9 Å². The maximum absolute atomic E-state index is 11.3. The number of aliphatic hydroxyl groups is 2. The van der Waals surface area contributed by atoms with E-state index in [1.807, 2.05) is 0 Å². The Morgan fingerprint density at radius 2 is 2.18 bits per heavy atom. The fourth-order valence-electron chi connectivity index (χ4n) is 2.51. The molecule has 0 saturated carbocycles. The van der Waals surface area contributed by atoms with Crippen molar-refractivity contribution >= 4 is 12.6 Å². The Morgan fingerprint density at radius 3 is 2.68 bits per heavy atom. The minimum atomic E-state index is -0.585. The maximum atomic E-state index is 11.3. The van der Waals surface area contributed by atoms with Gasteiger partial charge < -0.3 is 15.0 Å². The molecule has 4 atom stereocenters. The lowest BCUT2D eigenvalue weighted by molar-refractivity contribution is -0.165. The third-order valence-corrected chi connectivity index (χ3v) is 3.49. The van der Waals surface area contributed by atoms with Crippen LogP contribution in [-0.2, 0) is 14.4 Å². The highest BCUT2D eigenvalue weighted by atomic mass is 16.7. The molecule has 0 aromatic rings. The average molecular weight is 309 g/mol. The van der Waals surface area contributed by atoms with E-state index in [0.717, 1.165) is 6.29 Å². The standard InChI is InChI=1S/C16H23NO5/c1-3-5-13(9-18)6-4-7-17-15(10-19)14(8-12(2)21)16(11-20)22-17/h3-6,9-10,12,14-16,20-21H,1,7-8,11H2,2H3/b6-4+,13-5+. The molecule has 0 aromatic carbocycles. The van der Waals surface area contributed by atoms with E-state index < -0.39 is 18.2 Å². The predicted octanol–water partition coefficient (Wildman–Crippen LogP) is 0.417. The van der Waals surface area contributed by atoms with Crippen LogP contribution in [0.1, 0.15) is 13.3 Å². The van der Waals surface area contributed by atoms with E-state index in [1.54, 1.807) is 25.2 Å². The zero-order chi connectivity index (χ0) is 16.5. The molecule has 1 heterocycles. The number of hydrogen-bond donors (Lipinski definition) is 2. The summed E-state index contributed by atoms with van der Waals surface area (Å²) in [6.07, 6.45) is 7.10. The molecule has 1 saturated heterocycles. The zero-order valence-electron chi connectivity index (χ0n) is 12.7. The Hall–Kier alpha value is -1.60. The summed E-state index contributed by atoms with van der Waals surface area (Å²) in [4.78, 5) is 27.7. The molecular weight excluding hydrogens is 286 g/mol. The summed E-state index contributed by atoms with van der Waals surface area (Å²) < 4.78 is 0. The van der Waals surface area contributed by atoms with Crippen molar-refractivity contribution in [1.82, 2.24) is 5.06 Å². The van der Waals surface area contributed by atoms with E-state index in [1.165, 1.54) is 11.1 Å². The summed E-state index contributed by atoms with van der Waals surface area (Å²) in [5, 5.41) is 20.4. The Bertz CT molecular complexity index is 444. The summed E-state index contributed by atoms with van der Waals surface area (Å²) in [5.41, 5.74) is 0.455. The normalized spacial score (nSPS) is 28.0. The number of aliphatic hydroxyl groups excluding tert-OH is 2. The Labute approximate surface area is 130 Å². The minimum Gasteiger partial charge on any atom is -0.394 e. The van der Waals surface area contributed by atoms with E-state index in [-0.39, 0.29) is 12.5 Å². The molecule has 0 bridgehead atoms. The molecule has 6 heteroatoms. The summed E-state index contributed by atoms with van der Waals surface area (Å²) in [6.45, 7) is 5.22. The molecule has 1 aliphatic rings. The zero-order valence-corrected chi connectivity index (χ0v) is 12.7. The first-order valence-corrected chi connectivity index (χ1v) is 7.19. The number of hydroxylamine groups is 2. The SMILES string of the molecule is C=C/C=C(C=O)\C=C\CN1OC(CO)C(CC(C)O)C1C=O. The van der Waals surface area contributed by atoms with Crippen molar-refractivity contribution in [2.24, 2.45) is 5.92 Å². The van der Waals surface area contributed by atoms with Gasteiger partial charge in [-0.3, -0.25) is 9.63 Å². The third kappa shape index (κ3) is 4.99. The van der Waals surface area contributed by atoms with Crippen molar-refractivity contribution in [2.45, 2.75) is 31.6 Å². The van der Waals surface area contributed by atoms with Crippen molar-refractivity contribution in [2.75, 3.05) is 13.2 Å². The number of aldehydes is 2. The number of carbonyl (C=O) groups excluding carboxylic acids is 2. The second kappa shape index (κ2) is 9.42. The topological polar surface area (TPSA) is 87.1 Å². The van der Waals surface area contributed by atoms with Gasteiger partial charge in [0, 0.05) is 18.0 Å². The third-order valence-electron chi connectivity index (χ3n) is 3.49. The highest BCUT2D eigenvalue weighted by molar-refractivity contribution is 5.77. The van der Waals surface area contributed by atoms with E-state index in [9.17, 15) is 19.8 Å². The number of hydrogen-bond acceptors (Lipinski definition) is 6. The van der Waals surface area contributed by atoms with Crippen LogP contribution in [0.2, 0.25) is 0 Å². The Morgan fingerprint density at radius 1 is 1.45 bits per heavy atom. The second-order valence-corrected chi connectivity index (χ2v) is 5.22. The van der Waals surface area contributed by atoms with Crippen molar-refractivity contribution in [3.8, 4) is 0 Å². The van der Waals surface area contributed by atoms with Gasteiger partial charge in [0.25, 0.3) is 0 Å². The molecule has 6 nitrogen and oxygen atoms in total. The maximum Gasteiger partial charge on any atom is 0.150 e. The quantitative estimate of drug-likeness (QED) is 0.364. The molecule has 1 aliphatic heterocycles. The van der Waals surface area contributed by atoms with Gasteiger partial charge in [-0.2, -0.15) is 5.06 Å². The fraction of sp³-hybridized carbons (Fsp3) is 0.500. The monoisotopic (exact) mass is 309 g/mol. The summed E-state index contributed by atoms with van der Waals surface area (Å²) in [5.74, 6) is -0.273. The van der Waals surface area contributed by atoms with Gasteiger partial charge in [-0.05, 0) is 13.3 Å². The number of rotatable bonds is 9. The summed E-state index contributed by atoms with van der Waals surface area (Å²) in [6, 6.07) is -0.542. The molecule has 1 fully saturated rings. The highest BCUT2D eigenvalue weighted by Crippen LogP contribution is 2.30. The van der Waals surface area contributed by atoms with Gasteiger partial charge in [0.1, 0.15) is 18.7 Å². The van der Waals surface area contributed by atoms with Crippen LogP contribution in [0, 0.1) is 5.92 Å². The molecule has 2 N–H and O–H groups in total. The predicted molar refractivity (Wildman–Crippen MR) is 81.8 cm³/mol. The van der Waals surface area contributed by atoms with Crippen LogP contribution in [0.4, 0.5) is 0 Å². The smallest absolute Gasteiger partial charge is 0.150 e. The van der Waals surface area contributed by atoms with Gasteiger partial charge in [0.2, 0.25) is 0 Å². The van der Waals surface area contributed by atoms with Gasteiger partial charge in [-0.25, -0.2) is 0 Å². The first-order valence-electron chi connectivity index (χ1n) is 7.19. The van der Waals surface area contributed by atoms with Gasteiger partial charge >= 0.3 is 0 Å². The van der Waals surface area contributed by atoms with Crippen molar-refractivity contribution < 1.29 is 24.6 Å². The van der Waals surface area contributed by atoms with Crippen LogP contribution in [0.3, 0.4) is 0 Å². The summed E-state index contributed by atoms with van der Waals surface area (Å²) in [7, 11) is 0. The highest BCUT2D eigenvalue weighted by Gasteiger charge is 2.42. The molecule has 0 aromatic heterocycles. The van der Waals surface area contributed by atoms with Crippen molar-refractivity contribution in [3.05, 3.63) is 36.5 Å². The van der Waals surface area contributed by atoms with Crippen LogP contribution in [-0.4, -0.2) is 59.3 Å².